The molecule has 0 spiro atoms. The molecule has 0 bridgehead atoms. The van der Waals surface area contributed by atoms with Crippen LogP contribution < -0.4 is 26.6 Å². The predicted octanol–water partition coefficient (Wildman–Crippen LogP) is 5.36. The normalized spacial score (nSPS) is 18.9. The molecule has 1 fully saturated rings. The highest BCUT2D eigenvalue weighted by atomic mass is 32.2. The number of rotatable bonds is 8. The molecule has 262 valence electrons. The Morgan fingerprint density at radius 2 is 1.86 bits per heavy atom. The molecular formula is C35H48N10O3S. The number of likely N-dealkylation sites (tertiary alicyclic amines) is 1. The SMILES string of the molecule is CSOCC1CCN(C(=N)n2cc(OC3CCC(NC(=O)NC(C=C(N)C(C)(C)C)=Nc4cnn(C)c4)c4ccccc43)ccc2=N)CC1. The number of carbonyl (C=O) groups excluding carboxylic acids is 1. The number of pyridine rings is 1. The maximum atomic E-state index is 13.4. The van der Waals surface area contributed by atoms with Crippen molar-refractivity contribution in [1.29, 1.82) is 10.8 Å². The van der Waals surface area contributed by atoms with Crippen LogP contribution in [-0.2, 0) is 11.2 Å². The van der Waals surface area contributed by atoms with Gasteiger partial charge in [0, 0.05) is 43.6 Å². The fourth-order valence-electron chi connectivity index (χ4n) is 5.92. The summed E-state index contributed by atoms with van der Waals surface area (Å²) in [7, 11) is 1.80. The third-order valence-corrected chi connectivity index (χ3v) is 9.22. The zero-order valence-corrected chi connectivity index (χ0v) is 29.7. The minimum absolute atomic E-state index is 0.218. The topological polar surface area (TPSA) is 172 Å². The van der Waals surface area contributed by atoms with E-state index >= 15 is 0 Å². The van der Waals surface area contributed by atoms with Gasteiger partial charge >= 0.3 is 6.03 Å². The second-order valence-electron chi connectivity index (χ2n) is 13.5. The summed E-state index contributed by atoms with van der Waals surface area (Å²) >= 11 is 1.39. The van der Waals surface area contributed by atoms with Gasteiger partial charge in [0.05, 0.1) is 31.2 Å². The smallest absolute Gasteiger partial charge is 0.320 e. The third kappa shape index (κ3) is 9.33. The van der Waals surface area contributed by atoms with E-state index in [0.29, 0.717) is 41.7 Å². The number of amidine groups is 1. The molecule has 1 aliphatic carbocycles. The third-order valence-electron chi connectivity index (χ3n) is 8.85. The van der Waals surface area contributed by atoms with Crippen molar-refractivity contribution in [2.75, 3.05) is 26.0 Å². The number of nitrogens with two attached hydrogens (primary N) is 1. The van der Waals surface area contributed by atoms with Crippen LogP contribution in [0.15, 0.2) is 71.8 Å². The summed E-state index contributed by atoms with van der Waals surface area (Å²) in [6.07, 6.45) is 11.6. The van der Waals surface area contributed by atoms with E-state index in [2.05, 4.69) is 20.7 Å². The maximum Gasteiger partial charge on any atom is 0.320 e. The lowest BCUT2D eigenvalue weighted by Crippen LogP contribution is -2.45. The molecule has 1 aromatic carbocycles. The van der Waals surface area contributed by atoms with Crippen LogP contribution >= 0.6 is 12.0 Å². The summed E-state index contributed by atoms with van der Waals surface area (Å²) in [4.78, 5) is 20.0. The summed E-state index contributed by atoms with van der Waals surface area (Å²) in [5, 5.41) is 27.6. The second kappa shape index (κ2) is 15.8. The van der Waals surface area contributed by atoms with Gasteiger partial charge in [-0.2, -0.15) is 5.10 Å². The Hall–Kier alpha value is -4.56. The van der Waals surface area contributed by atoms with Crippen molar-refractivity contribution in [3.05, 3.63) is 83.4 Å². The summed E-state index contributed by atoms with van der Waals surface area (Å²) < 4.78 is 15.3. The molecular weight excluding hydrogens is 641 g/mol. The zero-order valence-electron chi connectivity index (χ0n) is 28.9. The van der Waals surface area contributed by atoms with Crippen LogP contribution in [0.25, 0.3) is 0 Å². The molecule has 3 aromatic rings. The largest absolute Gasteiger partial charge is 0.484 e. The first-order valence-electron chi connectivity index (χ1n) is 16.6. The quantitative estimate of drug-likeness (QED) is 0.120. The summed E-state index contributed by atoms with van der Waals surface area (Å²) in [5.41, 5.74) is 9.37. The molecule has 2 amide bonds. The van der Waals surface area contributed by atoms with Crippen molar-refractivity contribution in [2.24, 2.45) is 29.1 Å². The number of ether oxygens (including phenoxy) is 1. The number of benzene rings is 1. The van der Waals surface area contributed by atoms with Gasteiger partial charge in [-0.1, -0.05) is 45.0 Å². The van der Waals surface area contributed by atoms with E-state index in [1.54, 1.807) is 53.1 Å². The number of urea groups is 1. The molecule has 2 atom stereocenters. The van der Waals surface area contributed by atoms with E-state index in [1.807, 2.05) is 56.2 Å². The minimum Gasteiger partial charge on any atom is -0.484 e. The molecule has 1 aliphatic heterocycles. The molecule has 0 radical (unpaired) electrons. The number of aliphatic imine (C=N–C) groups is 1. The lowest BCUT2D eigenvalue weighted by atomic mass is 9.85. The first kappa shape index (κ1) is 35.7. The molecule has 6 N–H and O–H groups in total. The molecule has 2 unspecified atom stereocenters. The fourth-order valence-corrected chi connectivity index (χ4v) is 6.25. The molecule has 13 nitrogen and oxygen atoms in total. The van der Waals surface area contributed by atoms with Gasteiger partial charge in [0.15, 0.2) is 0 Å². The molecule has 5 rings (SSSR count). The lowest BCUT2D eigenvalue weighted by Gasteiger charge is -2.34. The number of allylic oxidation sites excluding steroid dienone is 1. The monoisotopic (exact) mass is 688 g/mol. The Balaban J connectivity index is 1.27. The van der Waals surface area contributed by atoms with Gasteiger partial charge < -0.3 is 24.9 Å². The van der Waals surface area contributed by atoms with Gasteiger partial charge in [0.2, 0.25) is 5.96 Å². The van der Waals surface area contributed by atoms with Crippen LogP contribution in [0.5, 0.6) is 5.75 Å². The van der Waals surface area contributed by atoms with Crippen LogP contribution in [0.3, 0.4) is 0 Å². The summed E-state index contributed by atoms with van der Waals surface area (Å²) in [5.74, 6) is 1.64. The fraction of sp³-hybridized carbons (Fsp3) is 0.457. The molecule has 0 saturated carbocycles. The van der Waals surface area contributed by atoms with Crippen molar-refractivity contribution in [3.63, 3.8) is 0 Å². The van der Waals surface area contributed by atoms with Crippen LogP contribution in [0.1, 0.15) is 69.7 Å². The molecule has 2 aliphatic rings. The van der Waals surface area contributed by atoms with E-state index in [-0.39, 0.29) is 29.0 Å². The molecule has 3 heterocycles. The number of hydrogen-bond donors (Lipinski definition) is 5. The van der Waals surface area contributed by atoms with E-state index in [1.165, 1.54) is 12.0 Å². The standard InChI is InChI=1S/C35H48N10O3S/c1-35(2,3)30(36)18-32(40-24-19-39-43(4)20-24)42-34(46)41-28-11-12-29(27-9-7-6-8-26(27)28)48-25-10-13-31(37)45(21-25)33(38)44-16-14-23(15-17-44)22-47-49-5/h6-10,13,18-21,23,28-29,37-38H,11-12,14-17,22,36H2,1-5H3,(H2,40,41,42,46). The number of fused-ring (bicyclic) bond motifs is 1. The predicted molar refractivity (Wildman–Crippen MR) is 193 cm³/mol. The lowest BCUT2D eigenvalue weighted by molar-refractivity contribution is 0.170. The highest BCUT2D eigenvalue weighted by Crippen LogP contribution is 2.38. The summed E-state index contributed by atoms with van der Waals surface area (Å²) in [6.45, 7) is 8.20. The van der Waals surface area contributed by atoms with E-state index in [0.717, 1.165) is 43.7 Å². The van der Waals surface area contributed by atoms with Crippen LogP contribution in [0, 0.1) is 22.2 Å². The van der Waals surface area contributed by atoms with Crippen LogP contribution in [0.4, 0.5) is 10.5 Å². The van der Waals surface area contributed by atoms with Gasteiger partial charge in [-0.05, 0) is 66.9 Å². The number of piperidine rings is 1. The highest BCUT2D eigenvalue weighted by Gasteiger charge is 2.30. The highest BCUT2D eigenvalue weighted by molar-refractivity contribution is 7.93. The number of amides is 2. The first-order chi connectivity index (χ1) is 23.4. The Labute approximate surface area is 292 Å². The number of nitrogens with one attached hydrogen (secondary N) is 4. The van der Waals surface area contributed by atoms with Crippen LogP contribution in [0.2, 0.25) is 0 Å². The second-order valence-corrected chi connectivity index (χ2v) is 14.1. The van der Waals surface area contributed by atoms with Gasteiger partial charge in [-0.15, -0.1) is 0 Å². The van der Waals surface area contributed by atoms with E-state index in [9.17, 15) is 4.79 Å². The van der Waals surface area contributed by atoms with Crippen molar-refractivity contribution in [1.82, 2.24) is 29.9 Å². The van der Waals surface area contributed by atoms with Gasteiger partial charge in [-0.25, -0.2) is 9.79 Å². The molecule has 14 heteroatoms. The van der Waals surface area contributed by atoms with Crippen molar-refractivity contribution in [2.45, 2.75) is 58.6 Å². The van der Waals surface area contributed by atoms with Crippen molar-refractivity contribution in [3.8, 4) is 5.75 Å². The Kier molecular flexibility index (Phi) is 11.5. The molecule has 1 saturated heterocycles. The first-order valence-corrected chi connectivity index (χ1v) is 17.7. The average Bonchev–Trinajstić information content (AvgIpc) is 3.49. The molecule has 2 aromatic heterocycles. The van der Waals surface area contributed by atoms with Crippen molar-refractivity contribution < 1.29 is 13.7 Å². The van der Waals surface area contributed by atoms with Gasteiger partial charge in [-0.3, -0.25) is 25.4 Å². The number of aromatic nitrogens is 3. The summed E-state index contributed by atoms with van der Waals surface area (Å²) in [6, 6.07) is 10.7. The Morgan fingerprint density at radius 1 is 1.12 bits per heavy atom. The zero-order chi connectivity index (χ0) is 35.1. The number of aryl methyl sites for hydroxylation is 1. The van der Waals surface area contributed by atoms with Crippen LogP contribution in [-0.4, -0.2) is 63.0 Å². The van der Waals surface area contributed by atoms with E-state index in [4.69, 9.17) is 25.5 Å². The van der Waals surface area contributed by atoms with E-state index < -0.39 is 6.03 Å². The number of carbonyl (C=O) groups is 1. The van der Waals surface area contributed by atoms with Gasteiger partial charge in [0.25, 0.3) is 0 Å². The van der Waals surface area contributed by atoms with Gasteiger partial charge in [0.1, 0.15) is 28.9 Å². The average molecular weight is 689 g/mol. The Bertz CT molecular complexity index is 1750. The Morgan fingerprint density at radius 3 is 2.53 bits per heavy atom. The molecule has 49 heavy (non-hydrogen) atoms. The maximum absolute atomic E-state index is 13.4. The number of hydrogen-bond acceptors (Lipinski definition) is 9. The number of nitrogens with zero attached hydrogens (tertiary/aromatic N) is 5. The van der Waals surface area contributed by atoms with Crippen molar-refractivity contribution >= 4 is 35.6 Å². The minimum atomic E-state index is -0.397.